The van der Waals surface area contributed by atoms with E-state index in [1.165, 1.54) is 0 Å². The van der Waals surface area contributed by atoms with Crippen LogP contribution in [0.1, 0.15) is 0 Å². The third kappa shape index (κ3) is 3.77. The molecule has 0 bridgehead atoms. The minimum Gasteiger partial charge on any atom is -0.214 e. The smallest absolute Gasteiger partial charge is 0.172 e. The zero-order valence-corrected chi connectivity index (χ0v) is 5.62. The van der Waals surface area contributed by atoms with Crippen molar-refractivity contribution in [3.8, 4) is 0 Å². The molecule has 0 heterocycles. The van der Waals surface area contributed by atoms with Crippen molar-refractivity contribution in [2.45, 2.75) is 0 Å². The van der Waals surface area contributed by atoms with Crippen LogP contribution in [0.4, 0.5) is 0 Å². The van der Waals surface area contributed by atoms with Crippen LogP contribution in [0.15, 0.2) is 30.3 Å². The first-order chi connectivity index (χ1) is 2.50. The molecule has 0 aliphatic heterocycles. The molecule has 1 aromatic rings. The molecule has 2 N–H and O–H groups in total. The minimum atomic E-state index is 0. The Morgan fingerprint density at radius 2 is 1.43 bits per heavy atom. The van der Waals surface area contributed by atoms with Crippen LogP contribution in [-0.2, 0) is 19.5 Å². The molecule has 0 spiro atoms. The maximum absolute atomic E-state index is 2.00. The molecular weight excluding hydrogens is 177 g/mol. The quantitative estimate of drug-likeness (QED) is 0.411. The van der Waals surface area contributed by atoms with Gasteiger partial charge < -0.3 is 5.48 Å². The van der Waals surface area contributed by atoms with E-state index in [1.54, 1.807) is 0 Å². The summed E-state index contributed by atoms with van der Waals surface area (Å²) in [6.45, 7) is 0. The molecule has 0 amide bonds. The molecule has 7 heavy (non-hydrogen) atoms. The molecule has 0 saturated carbocycles. The summed E-state index contributed by atoms with van der Waals surface area (Å²) in [7, 11) is 0. The Balaban J connectivity index is 0. The van der Waals surface area contributed by atoms with Crippen molar-refractivity contribution in [1.29, 1.82) is 0 Å². The Kier molecular flexibility index (Phi) is 8.50. The van der Waals surface area contributed by atoms with Gasteiger partial charge in [0.25, 0.3) is 0 Å². The second kappa shape index (κ2) is 5.93. The maximum atomic E-state index is 2.00. The predicted molar refractivity (Wildman–Crippen MR) is 27.0 cm³/mol. The molecule has 0 aromatic heterocycles. The van der Waals surface area contributed by atoms with Crippen molar-refractivity contribution in [2.75, 3.05) is 0 Å². The van der Waals surface area contributed by atoms with Crippen molar-refractivity contribution in [1.82, 2.24) is 0 Å². The van der Waals surface area contributed by atoms with Gasteiger partial charge in [-0.3, -0.25) is 0 Å². The van der Waals surface area contributed by atoms with Crippen LogP contribution in [-0.4, -0.2) is 5.48 Å². The Labute approximate surface area is 55.8 Å². The van der Waals surface area contributed by atoms with Gasteiger partial charge in [0.1, 0.15) is 0 Å². The fraction of sp³-hybridized carbons (Fsp3) is 0. The van der Waals surface area contributed by atoms with Crippen LogP contribution in [0.3, 0.4) is 0 Å². The van der Waals surface area contributed by atoms with E-state index in [-0.39, 0.29) is 25.0 Å². The minimum absolute atomic E-state index is 0. The third-order valence-corrected chi connectivity index (χ3v) is 0.556. The average molecular weight is 185 g/mol. The van der Waals surface area contributed by atoms with E-state index in [1.807, 2.05) is 30.3 Å². The van der Waals surface area contributed by atoms with Crippen LogP contribution in [0.2, 0.25) is 0 Å². The number of rotatable bonds is 0. The molecule has 1 aromatic carbocycles. The largest absolute Gasteiger partial charge is 0.214 e. The van der Waals surface area contributed by atoms with Gasteiger partial charge in [-0.05, 0) is 0 Å². The summed E-state index contributed by atoms with van der Waals surface area (Å²) in [6, 6.07) is 10.0. The molecule has 0 fully saturated rings. The second-order valence-corrected chi connectivity index (χ2v) is 0.962. The van der Waals surface area contributed by atoms with Gasteiger partial charge in [-0.2, -0.15) is 18.2 Å². The first-order valence-electron chi connectivity index (χ1n) is 1.67. The van der Waals surface area contributed by atoms with Crippen molar-refractivity contribution in [3.63, 3.8) is 0 Å². The van der Waals surface area contributed by atoms with E-state index in [2.05, 4.69) is 0 Å². The zero-order chi connectivity index (χ0) is 3.54. The fourth-order valence-corrected chi connectivity index (χ4v) is 0.321. The Morgan fingerprint density at radius 1 is 1.00 bits per heavy atom. The summed E-state index contributed by atoms with van der Waals surface area (Å²) in [4.78, 5) is 0. The molecule has 1 rings (SSSR count). The van der Waals surface area contributed by atoms with Crippen LogP contribution in [0.25, 0.3) is 0 Å². The SMILES string of the molecule is O.[RuH+].c1cc[cH-]c1. The molecule has 2 heteroatoms. The molecule has 0 aliphatic rings. The summed E-state index contributed by atoms with van der Waals surface area (Å²) in [6.07, 6.45) is 0. The van der Waals surface area contributed by atoms with Gasteiger partial charge >= 0.3 is 19.5 Å². The maximum Gasteiger partial charge on any atom is -0.172 e. The van der Waals surface area contributed by atoms with E-state index >= 15 is 0 Å². The molecule has 0 atom stereocenters. The molecule has 0 saturated heterocycles. The monoisotopic (exact) mass is 186 g/mol. The summed E-state index contributed by atoms with van der Waals surface area (Å²) in [5.41, 5.74) is 0. The standard InChI is InChI=1S/C5H5.H2O.Ru.H/c1-2-4-5-3-1;;;/h1-5H;1H2;;/q-1;;+1;. The summed E-state index contributed by atoms with van der Waals surface area (Å²) < 4.78 is 0. The van der Waals surface area contributed by atoms with E-state index in [9.17, 15) is 0 Å². The predicted octanol–water partition coefficient (Wildman–Crippen LogP) is 0.311. The molecule has 42 valence electrons. The molecular formula is C5H8ORu. The van der Waals surface area contributed by atoms with Gasteiger partial charge in [0, 0.05) is 0 Å². The van der Waals surface area contributed by atoms with Crippen LogP contribution < -0.4 is 0 Å². The molecule has 1 radical (unpaired) electrons. The molecule has 1 nitrogen and oxygen atoms in total. The first kappa shape index (κ1) is 10.0. The van der Waals surface area contributed by atoms with E-state index in [4.69, 9.17) is 0 Å². The first-order valence-corrected chi connectivity index (χ1v) is 1.67. The van der Waals surface area contributed by atoms with Gasteiger partial charge in [0.2, 0.25) is 0 Å². The summed E-state index contributed by atoms with van der Waals surface area (Å²) in [5, 5.41) is 0. The van der Waals surface area contributed by atoms with Gasteiger partial charge in [0.05, 0.1) is 0 Å². The van der Waals surface area contributed by atoms with E-state index in [0.29, 0.717) is 0 Å². The topological polar surface area (TPSA) is 31.5 Å². The van der Waals surface area contributed by atoms with E-state index in [0.717, 1.165) is 0 Å². The van der Waals surface area contributed by atoms with Crippen molar-refractivity contribution in [2.24, 2.45) is 0 Å². The van der Waals surface area contributed by atoms with Crippen molar-refractivity contribution >= 4 is 0 Å². The van der Waals surface area contributed by atoms with Crippen LogP contribution >= 0.6 is 0 Å². The van der Waals surface area contributed by atoms with Gasteiger partial charge in [-0.1, -0.05) is 0 Å². The summed E-state index contributed by atoms with van der Waals surface area (Å²) >= 11 is 0. The third-order valence-electron chi connectivity index (χ3n) is 0.556. The Morgan fingerprint density at radius 3 is 1.57 bits per heavy atom. The van der Waals surface area contributed by atoms with Gasteiger partial charge in [-0.15, -0.1) is 0 Å². The van der Waals surface area contributed by atoms with Crippen LogP contribution in [0, 0.1) is 0 Å². The molecule has 0 aliphatic carbocycles. The Hall–Kier alpha value is -0.0666. The summed E-state index contributed by atoms with van der Waals surface area (Å²) in [5.74, 6) is 0. The van der Waals surface area contributed by atoms with Crippen LogP contribution in [0.5, 0.6) is 0 Å². The number of hydrogen-bond donors (Lipinski definition) is 0. The van der Waals surface area contributed by atoms with Gasteiger partial charge in [-0.25, -0.2) is 12.1 Å². The van der Waals surface area contributed by atoms with E-state index < -0.39 is 0 Å². The second-order valence-electron chi connectivity index (χ2n) is 0.962. The average Bonchev–Trinajstić information content (AvgIpc) is 1.76. The van der Waals surface area contributed by atoms with Crippen molar-refractivity contribution < 1.29 is 25.0 Å². The molecule has 0 unspecified atom stereocenters. The number of hydrogen-bond acceptors (Lipinski definition) is 0. The van der Waals surface area contributed by atoms with Crippen molar-refractivity contribution in [3.05, 3.63) is 30.3 Å². The van der Waals surface area contributed by atoms with Gasteiger partial charge in [0.15, 0.2) is 0 Å². The normalized spacial score (nSPS) is 5.71. The zero-order valence-electron chi connectivity index (χ0n) is 3.76. The Bertz CT molecular complexity index is 64.6. The fourth-order valence-electron chi connectivity index (χ4n) is 0.321.